The second kappa shape index (κ2) is 9.27. The molecule has 0 aliphatic carbocycles. The summed E-state index contributed by atoms with van der Waals surface area (Å²) >= 11 is 0. The highest BCUT2D eigenvalue weighted by Crippen LogP contribution is 2.25. The van der Waals surface area contributed by atoms with Gasteiger partial charge in [0.2, 0.25) is 0 Å². The monoisotopic (exact) mass is 427 g/mol. The lowest BCUT2D eigenvalue weighted by Gasteiger charge is -2.12. The molecule has 0 spiro atoms. The van der Waals surface area contributed by atoms with Gasteiger partial charge in [0.15, 0.2) is 0 Å². The molecule has 8 nitrogen and oxygen atoms in total. The van der Waals surface area contributed by atoms with Crippen LogP contribution in [0.5, 0.6) is 11.5 Å². The van der Waals surface area contributed by atoms with Crippen LogP contribution in [0.2, 0.25) is 0 Å². The number of carbonyl (C=O) groups excluding carboxylic acids is 1. The molecule has 0 aliphatic heterocycles. The van der Waals surface area contributed by atoms with Gasteiger partial charge in [0.05, 0.1) is 41.7 Å². The first-order valence-corrected chi connectivity index (χ1v) is 10.6. The summed E-state index contributed by atoms with van der Waals surface area (Å²) in [7, 11) is -2.35. The van der Waals surface area contributed by atoms with Crippen molar-refractivity contribution >= 4 is 27.3 Å². The van der Waals surface area contributed by atoms with Gasteiger partial charge in [-0.15, -0.1) is 0 Å². The topological polar surface area (TPSA) is 107 Å². The zero-order chi connectivity index (χ0) is 21.6. The van der Waals surface area contributed by atoms with Crippen LogP contribution in [0.1, 0.15) is 17.3 Å². The van der Waals surface area contributed by atoms with Crippen molar-refractivity contribution in [1.82, 2.24) is 4.98 Å². The number of amides is 1. The van der Waals surface area contributed by atoms with Crippen LogP contribution in [-0.2, 0) is 10.0 Å². The van der Waals surface area contributed by atoms with E-state index in [1.165, 1.54) is 37.7 Å². The zero-order valence-electron chi connectivity index (χ0n) is 16.5. The molecular formula is C21H21N3O5S. The number of nitrogens with zero attached hydrogens (tertiary/aromatic N) is 1. The van der Waals surface area contributed by atoms with E-state index in [1.54, 1.807) is 36.4 Å². The number of pyridine rings is 1. The molecule has 3 aromatic rings. The molecule has 2 N–H and O–H groups in total. The molecule has 0 atom stereocenters. The minimum absolute atomic E-state index is 0.0591. The van der Waals surface area contributed by atoms with Gasteiger partial charge < -0.3 is 14.8 Å². The zero-order valence-corrected chi connectivity index (χ0v) is 17.3. The molecule has 1 heterocycles. The number of carbonyl (C=O) groups is 1. The molecule has 0 unspecified atom stereocenters. The molecule has 0 radical (unpaired) electrons. The third-order valence-electron chi connectivity index (χ3n) is 4.06. The lowest BCUT2D eigenvalue weighted by Crippen LogP contribution is -2.16. The second-order valence-corrected chi connectivity index (χ2v) is 7.81. The fourth-order valence-electron chi connectivity index (χ4n) is 2.63. The number of aromatic nitrogens is 1. The van der Waals surface area contributed by atoms with E-state index in [0.29, 0.717) is 23.8 Å². The van der Waals surface area contributed by atoms with E-state index in [1.807, 2.05) is 6.92 Å². The van der Waals surface area contributed by atoms with E-state index in [9.17, 15) is 13.2 Å². The highest BCUT2D eigenvalue weighted by atomic mass is 32.2. The van der Waals surface area contributed by atoms with Crippen molar-refractivity contribution in [3.63, 3.8) is 0 Å². The number of benzene rings is 2. The summed E-state index contributed by atoms with van der Waals surface area (Å²) in [6.07, 6.45) is 2.68. The van der Waals surface area contributed by atoms with Gasteiger partial charge in [0.1, 0.15) is 11.5 Å². The van der Waals surface area contributed by atoms with Crippen LogP contribution in [0.3, 0.4) is 0 Å². The predicted octanol–water partition coefficient (Wildman–Crippen LogP) is 3.54. The molecular weight excluding hydrogens is 406 g/mol. The first kappa shape index (κ1) is 21.1. The lowest BCUT2D eigenvalue weighted by atomic mass is 10.2. The van der Waals surface area contributed by atoms with E-state index < -0.39 is 15.9 Å². The fraction of sp³-hybridized carbons (Fsp3) is 0.143. The number of ether oxygens (including phenoxy) is 2. The molecule has 0 fully saturated rings. The Balaban J connectivity index is 1.78. The molecule has 3 rings (SSSR count). The van der Waals surface area contributed by atoms with Crippen molar-refractivity contribution in [2.45, 2.75) is 11.8 Å². The van der Waals surface area contributed by atoms with Crippen LogP contribution in [0.15, 0.2) is 71.9 Å². The number of sulfonamides is 1. The summed E-state index contributed by atoms with van der Waals surface area (Å²) in [5.74, 6) is 0.638. The molecule has 30 heavy (non-hydrogen) atoms. The van der Waals surface area contributed by atoms with E-state index in [-0.39, 0.29) is 16.1 Å². The summed E-state index contributed by atoms with van der Waals surface area (Å²) in [5, 5.41) is 2.75. The van der Waals surface area contributed by atoms with Crippen LogP contribution in [0.25, 0.3) is 0 Å². The van der Waals surface area contributed by atoms with Gasteiger partial charge >= 0.3 is 0 Å². The Kier molecular flexibility index (Phi) is 6.53. The van der Waals surface area contributed by atoms with Crippen molar-refractivity contribution in [3.05, 3.63) is 72.6 Å². The lowest BCUT2D eigenvalue weighted by molar-refractivity contribution is 0.102. The Morgan fingerprint density at radius 1 is 1.07 bits per heavy atom. The smallest absolute Gasteiger partial charge is 0.261 e. The molecule has 9 heteroatoms. The predicted molar refractivity (Wildman–Crippen MR) is 114 cm³/mol. The molecule has 156 valence electrons. The number of nitrogens with one attached hydrogen (secondary N) is 2. The maximum absolute atomic E-state index is 12.6. The fourth-order valence-corrected chi connectivity index (χ4v) is 3.67. The molecule has 1 aromatic heterocycles. The highest BCUT2D eigenvalue weighted by molar-refractivity contribution is 7.92. The summed E-state index contributed by atoms with van der Waals surface area (Å²) < 4.78 is 38.1. The quantitative estimate of drug-likeness (QED) is 0.569. The molecule has 0 bridgehead atoms. The average Bonchev–Trinajstić information content (AvgIpc) is 2.75. The average molecular weight is 427 g/mol. The molecule has 0 saturated heterocycles. The number of anilines is 2. The number of hydrogen-bond donors (Lipinski definition) is 2. The Bertz CT molecular complexity index is 1130. The van der Waals surface area contributed by atoms with Gasteiger partial charge in [-0.3, -0.25) is 14.5 Å². The maximum Gasteiger partial charge on any atom is 0.261 e. The Hall–Kier alpha value is -3.59. The Morgan fingerprint density at radius 3 is 2.50 bits per heavy atom. The van der Waals surface area contributed by atoms with E-state index in [2.05, 4.69) is 15.0 Å². The van der Waals surface area contributed by atoms with Crippen LogP contribution < -0.4 is 19.5 Å². The van der Waals surface area contributed by atoms with Gasteiger partial charge in [-0.05, 0) is 49.4 Å². The number of methoxy groups -OCH3 is 1. The largest absolute Gasteiger partial charge is 0.497 e. The standard InChI is InChI=1S/C21H21N3O5S/c1-3-29-20-7-5-4-6-19(20)23-21(25)15-12-16(14-22-13-15)24-30(26,27)18-10-8-17(28-2)9-11-18/h4-14,24H,3H2,1-2H3,(H,23,25). The summed E-state index contributed by atoms with van der Waals surface area (Å²) in [5.41, 5.74) is 0.862. The summed E-state index contributed by atoms with van der Waals surface area (Å²) in [6.45, 7) is 2.30. The van der Waals surface area contributed by atoms with E-state index in [4.69, 9.17) is 9.47 Å². The van der Waals surface area contributed by atoms with Crippen LogP contribution in [0, 0.1) is 0 Å². The maximum atomic E-state index is 12.6. The third-order valence-corrected chi connectivity index (χ3v) is 5.45. The third kappa shape index (κ3) is 5.06. The Morgan fingerprint density at radius 2 is 1.80 bits per heavy atom. The van der Waals surface area contributed by atoms with Crippen molar-refractivity contribution in [2.75, 3.05) is 23.8 Å². The van der Waals surface area contributed by atoms with Gasteiger partial charge in [-0.1, -0.05) is 12.1 Å². The van der Waals surface area contributed by atoms with Crippen LogP contribution in [0.4, 0.5) is 11.4 Å². The normalized spacial score (nSPS) is 10.9. The van der Waals surface area contributed by atoms with Crippen molar-refractivity contribution in [1.29, 1.82) is 0 Å². The van der Waals surface area contributed by atoms with Crippen molar-refractivity contribution in [2.24, 2.45) is 0 Å². The van der Waals surface area contributed by atoms with Gasteiger partial charge in [-0.25, -0.2) is 8.42 Å². The SMILES string of the molecule is CCOc1ccccc1NC(=O)c1cncc(NS(=O)(=O)c2ccc(OC)cc2)c1. The van der Waals surface area contributed by atoms with Crippen molar-refractivity contribution < 1.29 is 22.7 Å². The Labute approximate surface area is 174 Å². The number of para-hydroxylation sites is 2. The van der Waals surface area contributed by atoms with Gasteiger partial charge in [-0.2, -0.15) is 0 Å². The van der Waals surface area contributed by atoms with Gasteiger partial charge in [0, 0.05) is 6.20 Å². The number of hydrogen-bond acceptors (Lipinski definition) is 6. The molecule has 2 aromatic carbocycles. The molecule has 1 amide bonds. The minimum atomic E-state index is -3.85. The summed E-state index contributed by atoms with van der Waals surface area (Å²) in [6, 6.07) is 14.4. The van der Waals surface area contributed by atoms with Crippen LogP contribution >= 0.6 is 0 Å². The first-order chi connectivity index (χ1) is 14.4. The van der Waals surface area contributed by atoms with Crippen LogP contribution in [-0.4, -0.2) is 33.0 Å². The van der Waals surface area contributed by atoms with E-state index in [0.717, 1.165) is 0 Å². The van der Waals surface area contributed by atoms with E-state index >= 15 is 0 Å². The minimum Gasteiger partial charge on any atom is -0.497 e. The highest BCUT2D eigenvalue weighted by Gasteiger charge is 2.16. The second-order valence-electron chi connectivity index (χ2n) is 6.13. The first-order valence-electron chi connectivity index (χ1n) is 9.08. The number of rotatable bonds is 8. The molecule has 0 saturated carbocycles. The van der Waals surface area contributed by atoms with Gasteiger partial charge in [0.25, 0.3) is 15.9 Å². The molecule has 0 aliphatic rings. The summed E-state index contributed by atoms with van der Waals surface area (Å²) in [4.78, 5) is 16.7. The van der Waals surface area contributed by atoms with Crippen molar-refractivity contribution in [3.8, 4) is 11.5 Å².